The van der Waals surface area contributed by atoms with Crippen LogP contribution < -0.4 is 10.2 Å². The van der Waals surface area contributed by atoms with Crippen LogP contribution in [0.1, 0.15) is 28.4 Å². The fourth-order valence-electron chi connectivity index (χ4n) is 3.83. The standard InChI is InChI=1S/C22H21N3O4/c1-13(26)25-9-8-14-10-15(6-7-20(14)25)21(27)24-19(22(28)29)11-16-12-23-18-5-3-2-4-17(16)18/h2-7,10,12,19,23H,8-9,11H2,1H3,(H,24,27)(H,28,29). The number of rotatable bonds is 5. The van der Waals surface area contributed by atoms with Crippen LogP contribution in [0.5, 0.6) is 0 Å². The van der Waals surface area contributed by atoms with E-state index in [1.54, 1.807) is 29.3 Å². The number of carbonyl (C=O) groups excluding carboxylic acids is 2. The summed E-state index contributed by atoms with van der Waals surface area (Å²) in [7, 11) is 0. The van der Waals surface area contributed by atoms with E-state index in [1.807, 2.05) is 24.3 Å². The summed E-state index contributed by atoms with van der Waals surface area (Å²) in [4.78, 5) is 40.9. The highest BCUT2D eigenvalue weighted by Crippen LogP contribution is 2.29. The summed E-state index contributed by atoms with van der Waals surface area (Å²) in [6.45, 7) is 2.10. The van der Waals surface area contributed by atoms with E-state index < -0.39 is 17.9 Å². The first kappa shape index (κ1) is 18.7. The summed E-state index contributed by atoms with van der Waals surface area (Å²) < 4.78 is 0. The lowest BCUT2D eigenvalue weighted by Crippen LogP contribution is -2.42. The largest absolute Gasteiger partial charge is 0.480 e. The van der Waals surface area contributed by atoms with Crippen LogP contribution in [0.15, 0.2) is 48.7 Å². The number of carboxylic acid groups (broad SMARTS) is 1. The van der Waals surface area contributed by atoms with Gasteiger partial charge >= 0.3 is 5.97 Å². The molecule has 1 aliphatic rings. The molecule has 0 bridgehead atoms. The molecule has 1 aliphatic heterocycles. The van der Waals surface area contributed by atoms with Crippen molar-refractivity contribution in [2.75, 3.05) is 11.4 Å². The van der Waals surface area contributed by atoms with Crippen molar-refractivity contribution in [1.82, 2.24) is 10.3 Å². The number of aromatic amines is 1. The molecule has 1 aromatic heterocycles. The van der Waals surface area contributed by atoms with Crippen molar-refractivity contribution in [3.05, 3.63) is 65.4 Å². The molecule has 1 unspecified atom stereocenters. The van der Waals surface area contributed by atoms with Crippen LogP contribution in [0.2, 0.25) is 0 Å². The SMILES string of the molecule is CC(=O)N1CCc2cc(C(=O)NC(Cc3c[nH]c4ccccc34)C(=O)O)ccc21. The van der Waals surface area contributed by atoms with Gasteiger partial charge in [0.1, 0.15) is 6.04 Å². The lowest BCUT2D eigenvalue weighted by Gasteiger charge is -2.16. The molecule has 7 nitrogen and oxygen atoms in total. The molecule has 0 radical (unpaired) electrons. The van der Waals surface area contributed by atoms with Crippen LogP contribution in [0.25, 0.3) is 10.9 Å². The van der Waals surface area contributed by atoms with Crippen LogP contribution in [0.4, 0.5) is 5.69 Å². The zero-order valence-corrected chi connectivity index (χ0v) is 15.9. The van der Waals surface area contributed by atoms with Gasteiger partial charge in [-0.1, -0.05) is 18.2 Å². The van der Waals surface area contributed by atoms with Gasteiger partial charge in [0, 0.05) is 48.2 Å². The minimum Gasteiger partial charge on any atom is -0.480 e. The lowest BCUT2D eigenvalue weighted by molar-refractivity contribution is -0.139. The first-order valence-corrected chi connectivity index (χ1v) is 9.43. The second-order valence-electron chi connectivity index (χ2n) is 7.19. The number of amides is 2. The molecule has 2 heterocycles. The number of nitrogens with one attached hydrogen (secondary N) is 2. The molecular weight excluding hydrogens is 370 g/mol. The summed E-state index contributed by atoms with van der Waals surface area (Å²) >= 11 is 0. The second-order valence-corrected chi connectivity index (χ2v) is 7.19. The molecule has 148 valence electrons. The van der Waals surface area contributed by atoms with Gasteiger partial charge in [-0.2, -0.15) is 0 Å². The third-order valence-corrected chi connectivity index (χ3v) is 5.32. The van der Waals surface area contributed by atoms with Gasteiger partial charge in [0.25, 0.3) is 5.91 Å². The lowest BCUT2D eigenvalue weighted by atomic mass is 10.0. The normalized spacial score (nSPS) is 13.9. The Balaban J connectivity index is 1.53. The molecule has 0 aliphatic carbocycles. The molecule has 29 heavy (non-hydrogen) atoms. The molecule has 1 atom stereocenters. The summed E-state index contributed by atoms with van der Waals surface area (Å²) in [5, 5.41) is 13.2. The van der Waals surface area contributed by atoms with Crippen molar-refractivity contribution in [2.45, 2.75) is 25.8 Å². The van der Waals surface area contributed by atoms with E-state index in [0.717, 1.165) is 27.7 Å². The molecule has 2 aromatic carbocycles. The number of H-pyrrole nitrogens is 1. The van der Waals surface area contributed by atoms with Gasteiger partial charge < -0.3 is 20.3 Å². The number of hydrogen-bond acceptors (Lipinski definition) is 3. The van der Waals surface area contributed by atoms with Crippen LogP contribution in [0, 0.1) is 0 Å². The van der Waals surface area contributed by atoms with E-state index in [4.69, 9.17) is 0 Å². The first-order valence-electron chi connectivity index (χ1n) is 9.43. The minimum absolute atomic E-state index is 0.0365. The predicted octanol–water partition coefficient (Wildman–Crippen LogP) is 2.50. The number of nitrogens with zero attached hydrogens (tertiary/aromatic N) is 1. The number of fused-ring (bicyclic) bond motifs is 2. The van der Waals surface area contributed by atoms with Crippen molar-refractivity contribution in [3.8, 4) is 0 Å². The Bertz CT molecular complexity index is 1120. The highest BCUT2D eigenvalue weighted by molar-refractivity contribution is 5.99. The van der Waals surface area contributed by atoms with Gasteiger partial charge in [0.05, 0.1) is 0 Å². The molecule has 4 rings (SSSR count). The molecule has 3 aromatic rings. The molecule has 3 N–H and O–H groups in total. The maximum absolute atomic E-state index is 12.7. The number of hydrogen-bond donors (Lipinski definition) is 3. The number of para-hydroxylation sites is 1. The minimum atomic E-state index is -1.09. The Labute approximate surface area is 167 Å². The van der Waals surface area contributed by atoms with Crippen molar-refractivity contribution < 1.29 is 19.5 Å². The van der Waals surface area contributed by atoms with Gasteiger partial charge in [-0.05, 0) is 41.8 Å². The van der Waals surface area contributed by atoms with Gasteiger partial charge in [-0.3, -0.25) is 9.59 Å². The van der Waals surface area contributed by atoms with Crippen molar-refractivity contribution in [2.24, 2.45) is 0 Å². The summed E-state index contributed by atoms with van der Waals surface area (Å²) in [6, 6.07) is 11.7. The number of carboxylic acids is 1. The van der Waals surface area contributed by atoms with Crippen molar-refractivity contribution in [3.63, 3.8) is 0 Å². The molecule has 0 saturated carbocycles. The van der Waals surface area contributed by atoms with E-state index in [9.17, 15) is 19.5 Å². The van der Waals surface area contributed by atoms with E-state index >= 15 is 0 Å². The number of anilines is 1. The average molecular weight is 391 g/mol. The van der Waals surface area contributed by atoms with E-state index in [1.165, 1.54) is 6.92 Å². The Kier molecular flexibility index (Phi) is 4.80. The number of benzene rings is 2. The summed E-state index contributed by atoms with van der Waals surface area (Å²) in [5.41, 5.74) is 3.87. The summed E-state index contributed by atoms with van der Waals surface area (Å²) in [5.74, 6) is -1.57. The van der Waals surface area contributed by atoms with Crippen LogP contribution in [0.3, 0.4) is 0 Å². The van der Waals surface area contributed by atoms with Gasteiger partial charge in [0.2, 0.25) is 5.91 Å². The average Bonchev–Trinajstić information content (AvgIpc) is 3.31. The van der Waals surface area contributed by atoms with Crippen molar-refractivity contribution >= 4 is 34.4 Å². The van der Waals surface area contributed by atoms with Gasteiger partial charge in [-0.25, -0.2) is 4.79 Å². The van der Waals surface area contributed by atoms with Crippen LogP contribution >= 0.6 is 0 Å². The van der Waals surface area contributed by atoms with Crippen molar-refractivity contribution in [1.29, 1.82) is 0 Å². The Morgan fingerprint density at radius 1 is 1.21 bits per heavy atom. The smallest absolute Gasteiger partial charge is 0.326 e. The zero-order chi connectivity index (χ0) is 20.5. The van der Waals surface area contributed by atoms with E-state index in [2.05, 4.69) is 10.3 Å². The quantitative estimate of drug-likeness (QED) is 0.622. The third-order valence-electron chi connectivity index (χ3n) is 5.32. The van der Waals surface area contributed by atoms with E-state index in [0.29, 0.717) is 18.5 Å². The van der Waals surface area contributed by atoms with E-state index in [-0.39, 0.29) is 12.3 Å². The van der Waals surface area contributed by atoms with Gasteiger partial charge in [0.15, 0.2) is 0 Å². The molecule has 0 saturated heterocycles. The molecular formula is C22H21N3O4. The topological polar surface area (TPSA) is 103 Å². The Hall–Kier alpha value is -3.61. The number of carbonyl (C=O) groups is 3. The van der Waals surface area contributed by atoms with Crippen LogP contribution in [-0.2, 0) is 22.4 Å². The Morgan fingerprint density at radius 3 is 2.76 bits per heavy atom. The zero-order valence-electron chi connectivity index (χ0n) is 15.9. The highest BCUT2D eigenvalue weighted by atomic mass is 16.4. The number of aromatic nitrogens is 1. The molecule has 0 fully saturated rings. The fourth-order valence-corrected chi connectivity index (χ4v) is 3.83. The summed E-state index contributed by atoms with van der Waals surface area (Å²) in [6.07, 6.45) is 2.63. The molecule has 2 amide bonds. The highest BCUT2D eigenvalue weighted by Gasteiger charge is 2.25. The third kappa shape index (κ3) is 3.59. The fraction of sp³-hybridized carbons (Fsp3) is 0.227. The second kappa shape index (κ2) is 7.43. The molecule has 0 spiro atoms. The first-order chi connectivity index (χ1) is 13.9. The maximum atomic E-state index is 12.7. The maximum Gasteiger partial charge on any atom is 0.326 e. The Morgan fingerprint density at radius 2 is 2.00 bits per heavy atom. The number of aliphatic carboxylic acids is 1. The van der Waals surface area contributed by atoms with Crippen LogP contribution in [-0.4, -0.2) is 40.5 Å². The predicted molar refractivity (Wildman–Crippen MR) is 109 cm³/mol. The van der Waals surface area contributed by atoms with Gasteiger partial charge in [-0.15, -0.1) is 0 Å². The monoisotopic (exact) mass is 391 g/mol. The molecule has 7 heteroatoms.